The standard InChI is InChI=1S/C15H21N5S/c1-2-10(3-1)14-17-18-15-20(14)19-13(21-15)8-9-6-11-4-5-12(7-9)16-11/h9-12,16H,1-8H2. The molecule has 2 aromatic heterocycles. The number of nitrogens with zero attached hydrogens (tertiary/aromatic N) is 4. The van der Waals surface area contributed by atoms with E-state index in [0.717, 1.165) is 35.2 Å². The zero-order valence-corrected chi connectivity index (χ0v) is 13.0. The molecule has 112 valence electrons. The normalized spacial score (nSPS) is 32.7. The molecule has 4 heterocycles. The zero-order chi connectivity index (χ0) is 13.8. The average molecular weight is 303 g/mol. The van der Waals surface area contributed by atoms with Crippen LogP contribution >= 0.6 is 11.3 Å². The minimum absolute atomic E-state index is 0.602. The molecule has 21 heavy (non-hydrogen) atoms. The van der Waals surface area contributed by atoms with Crippen LogP contribution in [0, 0.1) is 5.92 Å². The number of aromatic nitrogens is 4. The summed E-state index contributed by atoms with van der Waals surface area (Å²) in [6, 6.07) is 1.54. The van der Waals surface area contributed by atoms with Gasteiger partial charge in [0.05, 0.1) is 0 Å². The molecule has 6 heteroatoms. The first kappa shape index (κ1) is 12.5. The number of nitrogens with one attached hydrogen (secondary N) is 1. The Balaban J connectivity index is 1.37. The van der Waals surface area contributed by atoms with Gasteiger partial charge in [-0.15, -0.1) is 10.2 Å². The van der Waals surface area contributed by atoms with Gasteiger partial charge in [0.2, 0.25) is 4.96 Å². The smallest absolute Gasteiger partial charge is 0.234 e. The fraction of sp³-hybridized carbons (Fsp3) is 0.800. The van der Waals surface area contributed by atoms with Crippen LogP contribution in [0.25, 0.3) is 4.96 Å². The van der Waals surface area contributed by atoms with Gasteiger partial charge in [0.1, 0.15) is 5.01 Å². The van der Waals surface area contributed by atoms with Gasteiger partial charge in [0.25, 0.3) is 0 Å². The maximum Gasteiger partial charge on any atom is 0.234 e. The predicted molar refractivity (Wildman–Crippen MR) is 81.6 cm³/mol. The van der Waals surface area contributed by atoms with Crippen molar-refractivity contribution in [2.24, 2.45) is 5.92 Å². The number of piperidine rings is 1. The summed E-state index contributed by atoms with van der Waals surface area (Å²) in [5, 5.41) is 18.5. The monoisotopic (exact) mass is 303 g/mol. The lowest BCUT2D eigenvalue weighted by Crippen LogP contribution is -2.38. The van der Waals surface area contributed by atoms with Gasteiger partial charge in [0, 0.05) is 24.4 Å². The summed E-state index contributed by atoms with van der Waals surface area (Å²) in [6.45, 7) is 0. The number of hydrogen-bond donors (Lipinski definition) is 1. The fourth-order valence-electron chi connectivity index (χ4n) is 4.26. The molecule has 0 spiro atoms. The largest absolute Gasteiger partial charge is 0.311 e. The molecule has 3 aliphatic rings. The van der Waals surface area contributed by atoms with Crippen LogP contribution in [0.15, 0.2) is 0 Å². The maximum atomic E-state index is 4.83. The summed E-state index contributed by atoms with van der Waals surface area (Å²) < 4.78 is 2.03. The van der Waals surface area contributed by atoms with Crippen molar-refractivity contribution in [1.29, 1.82) is 0 Å². The van der Waals surface area contributed by atoms with Crippen LogP contribution in [0.3, 0.4) is 0 Å². The Bertz CT molecular complexity index is 646. The molecule has 5 rings (SSSR count). The number of hydrogen-bond acceptors (Lipinski definition) is 5. The van der Waals surface area contributed by atoms with Crippen LogP contribution in [0.4, 0.5) is 0 Å². The Morgan fingerprint density at radius 1 is 1.10 bits per heavy atom. The van der Waals surface area contributed by atoms with Crippen molar-refractivity contribution < 1.29 is 0 Å². The van der Waals surface area contributed by atoms with E-state index in [-0.39, 0.29) is 0 Å². The van der Waals surface area contributed by atoms with E-state index in [1.165, 1.54) is 50.0 Å². The van der Waals surface area contributed by atoms with E-state index in [1.807, 2.05) is 4.52 Å². The van der Waals surface area contributed by atoms with Crippen LogP contribution in [0.5, 0.6) is 0 Å². The molecule has 2 saturated heterocycles. The molecule has 3 fully saturated rings. The highest BCUT2D eigenvalue weighted by Gasteiger charge is 2.34. The van der Waals surface area contributed by atoms with E-state index in [0.29, 0.717) is 5.92 Å². The van der Waals surface area contributed by atoms with Crippen molar-refractivity contribution in [1.82, 2.24) is 25.1 Å². The number of rotatable bonds is 3. The third-order valence-corrected chi connectivity index (χ3v) is 6.48. The molecule has 1 aliphatic carbocycles. The molecular weight excluding hydrogens is 282 g/mol. The minimum atomic E-state index is 0.602. The molecule has 2 aromatic rings. The Labute approximate surface area is 128 Å². The third kappa shape index (κ3) is 2.11. The second kappa shape index (κ2) is 4.74. The van der Waals surface area contributed by atoms with Gasteiger partial charge < -0.3 is 5.32 Å². The average Bonchev–Trinajstić information content (AvgIpc) is 3.05. The van der Waals surface area contributed by atoms with Crippen molar-refractivity contribution in [3.8, 4) is 0 Å². The molecule has 1 N–H and O–H groups in total. The summed E-state index contributed by atoms with van der Waals surface area (Å²) in [6.07, 6.45) is 10.4. The lowest BCUT2D eigenvalue weighted by Gasteiger charge is -2.28. The van der Waals surface area contributed by atoms with Crippen molar-refractivity contribution in [3.05, 3.63) is 10.8 Å². The Morgan fingerprint density at radius 3 is 2.62 bits per heavy atom. The minimum Gasteiger partial charge on any atom is -0.311 e. The van der Waals surface area contributed by atoms with Crippen LogP contribution in [0.2, 0.25) is 0 Å². The third-order valence-electron chi connectivity index (χ3n) is 5.56. The summed E-state index contributed by atoms with van der Waals surface area (Å²) in [5.41, 5.74) is 0. The van der Waals surface area contributed by atoms with E-state index in [2.05, 4.69) is 15.5 Å². The van der Waals surface area contributed by atoms with Crippen molar-refractivity contribution in [3.63, 3.8) is 0 Å². The highest BCUT2D eigenvalue weighted by molar-refractivity contribution is 7.16. The summed E-state index contributed by atoms with van der Waals surface area (Å²) in [4.78, 5) is 0.990. The van der Waals surface area contributed by atoms with Crippen molar-refractivity contribution in [2.45, 2.75) is 69.4 Å². The summed E-state index contributed by atoms with van der Waals surface area (Å²) >= 11 is 1.74. The van der Waals surface area contributed by atoms with Gasteiger partial charge in [-0.2, -0.15) is 9.61 Å². The van der Waals surface area contributed by atoms with E-state index in [4.69, 9.17) is 5.10 Å². The molecule has 0 amide bonds. The molecule has 0 radical (unpaired) electrons. The molecule has 2 atom stereocenters. The van der Waals surface area contributed by atoms with Crippen LogP contribution < -0.4 is 5.32 Å². The molecule has 2 aliphatic heterocycles. The van der Waals surface area contributed by atoms with Gasteiger partial charge in [-0.25, -0.2) is 0 Å². The first-order valence-electron chi connectivity index (χ1n) is 8.32. The molecule has 2 unspecified atom stereocenters. The Hall–Kier alpha value is -1.01. The first-order valence-corrected chi connectivity index (χ1v) is 9.14. The van der Waals surface area contributed by atoms with Gasteiger partial charge in [-0.1, -0.05) is 17.8 Å². The highest BCUT2D eigenvalue weighted by Crippen LogP contribution is 2.37. The maximum absolute atomic E-state index is 4.83. The van der Waals surface area contributed by atoms with Crippen LogP contribution in [-0.4, -0.2) is 31.9 Å². The lowest BCUT2D eigenvalue weighted by molar-refractivity contribution is 0.297. The van der Waals surface area contributed by atoms with E-state index >= 15 is 0 Å². The Morgan fingerprint density at radius 2 is 1.90 bits per heavy atom. The van der Waals surface area contributed by atoms with Crippen LogP contribution in [-0.2, 0) is 6.42 Å². The molecule has 2 bridgehead atoms. The zero-order valence-electron chi connectivity index (χ0n) is 12.2. The first-order chi connectivity index (χ1) is 10.3. The van der Waals surface area contributed by atoms with Crippen molar-refractivity contribution in [2.75, 3.05) is 0 Å². The van der Waals surface area contributed by atoms with E-state index < -0.39 is 0 Å². The molecule has 1 saturated carbocycles. The Kier molecular flexibility index (Phi) is 2.83. The lowest BCUT2D eigenvalue weighted by atomic mass is 9.85. The van der Waals surface area contributed by atoms with Gasteiger partial charge in [-0.05, 0) is 44.4 Å². The fourth-order valence-corrected chi connectivity index (χ4v) is 5.22. The molecule has 0 aromatic carbocycles. The van der Waals surface area contributed by atoms with E-state index in [1.54, 1.807) is 11.3 Å². The van der Waals surface area contributed by atoms with Gasteiger partial charge in [0.15, 0.2) is 5.82 Å². The molecule has 5 nitrogen and oxygen atoms in total. The topological polar surface area (TPSA) is 55.1 Å². The van der Waals surface area contributed by atoms with Crippen molar-refractivity contribution >= 4 is 16.3 Å². The quantitative estimate of drug-likeness (QED) is 0.946. The summed E-state index contributed by atoms with van der Waals surface area (Å²) in [5.74, 6) is 2.51. The van der Waals surface area contributed by atoms with Gasteiger partial charge >= 0.3 is 0 Å². The molecular formula is C15H21N5S. The predicted octanol–water partition coefficient (Wildman–Crippen LogP) is 2.53. The second-order valence-corrected chi connectivity index (χ2v) is 8.10. The second-order valence-electron chi connectivity index (χ2n) is 7.06. The van der Waals surface area contributed by atoms with E-state index in [9.17, 15) is 0 Å². The summed E-state index contributed by atoms with van der Waals surface area (Å²) in [7, 11) is 0. The highest BCUT2D eigenvalue weighted by atomic mass is 32.1. The van der Waals surface area contributed by atoms with Gasteiger partial charge in [-0.3, -0.25) is 0 Å². The van der Waals surface area contributed by atoms with Crippen LogP contribution in [0.1, 0.15) is 61.7 Å². The number of fused-ring (bicyclic) bond motifs is 3. The SMILES string of the molecule is C1CC(c2nnc3sc(CC4CC5CCC(C4)N5)nn23)C1.